The Hall–Kier alpha value is -2.90. The highest BCUT2D eigenvalue weighted by molar-refractivity contribution is 7.12. The van der Waals surface area contributed by atoms with E-state index in [-0.39, 0.29) is 0 Å². The van der Waals surface area contributed by atoms with Gasteiger partial charge in [-0.15, -0.1) is 11.3 Å². The summed E-state index contributed by atoms with van der Waals surface area (Å²) in [5.74, 6) is 0. The van der Waals surface area contributed by atoms with Gasteiger partial charge in [-0.05, 0) is 17.2 Å². The summed E-state index contributed by atoms with van der Waals surface area (Å²) in [6.45, 7) is 0.325. The fraction of sp³-hybridized carbons (Fsp3) is 0.0526. The normalized spacial score (nSPS) is 10.0. The third kappa shape index (κ3) is 3.31. The maximum atomic E-state index is 10.8. The monoisotopic (exact) mass is 319 g/mol. The summed E-state index contributed by atoms with van der Waals surface area (Å²) in [5, 5.41) is 12.0. The Morgan fingerprint density at radius 3 is 2.70 bits per heavy atom. The van der Waals surface area contributed by atoms with Crippen LogP contribution in [0.25, 0.3) is 11.1 Å². The lowest BCUT2D eigenvalue weighted by atomic mass is 10.1. The van der Waals surface area contributed by atoms with Crippen LogP contribution in [0.3, 0.4) is 0 Å². The molecule has 2 aromatic carbocycles. The molecule has 23 heavy (non-hydrogen) atoms. The largest absolute Gasteiger partial charge is 0.478 e. The average Bonchev–Trinajstić information content (AvgIpc) is 3.04. The predicted octanol–water partition coefficient (Wildman–Crippen LogP) is 4.68. The van der Waals surface area contributed by atoms with E-state index in [0.29, 0.717) is 22.8 Å². The second-order valence-electron chi connectivity index (χ2n) is 4.94. The molecule has 0 saturated heterocycles. The van der Waals surface area contributed by atoms with Gasteiger partial charge in [0.15, 0.2) is 5.06 Å². The van der Waals surface area contributed by atoms with E-state index in [1.54, 1.807) is 12.1 Å². The van der Waals surface area contributed by atoms with Gasteiger partial charge in [0.05, 0.1) is 0 Å². The molecule has 1 aromatic heterocycles. The zero-order valence-corrected chi connectivity index (χ0v) is 13.0. The van der Waals surface area contributed by atoms with Crippen molar-refractivity contribution in [3.05, 3.63) is 76.7 Å². The summed E-state index contributed by atoms with van der Waals surface area (Å²) >= 11 is 1.41. The minimum absolute atomic E-state index is 0.325. The summed E-state index contributed by atoms with van der Waals surface area (Å²) in [7, 11) is 0. The first-order valence-corrected chi connectivity index (χ1v) is 7.93. The number of carbonyl (C=O) groups is 1. The molecule has 112 valence electrons. The van der Waals surface area contributed by atoms with Crippen LogP contribution in [0.2, 0.25) is 0 Å². The number of thiophene rings is 1. The number of hydrogen-bond donors (Lipinski definition) is 0. The number of ether oxygens (including phenoxy) is 1. The number of benzene rings is 2. The van der Waals surface area contributed by atoms with Gasteiger partial charge in [-0.3, -0.25) is 4.79 Å². The van der Waals surface area contributed by atoms with E-state index in [0.717, 1.165) is 23.0 Å². The van der Waals surface area contributed by atoms with Crippen molar-refractivity contribution in [3.63, 3.8) is 0 Å². The fourth-order valence-electron chi connectivity index (χ4n) is 2.29. The second-order valence-corrected chi connectivity index (χ2v) is 5.78. The van der Waals surface area contributed by atoms with Crippen molar-refractivity contribution in [2.45, 2.75) is 6.61 Å². The number of aldehydes is 1. The number of nitrogens with zero attached hydrogens (tertiary/aromatic N) is 1. The van der Waals surface area contributed by atoms with Crippen molar-refractivity contribution in [2.75, 3.05) is 0 Å². The van der Waals surface area contributed by atoms with E-state index in [4.69, 9.17) is 4.74 Å². The fourth-order valence-corrected chi connectivity index (χ4v) is 3.17. The molecule has 0 aliphatic rings. The van der Waals surface area contributed by atoms with Gasteiger partial charge >= 0.3 is 0 Å². The first kappa shape index (κ1) is 15.0. The molecule has 0 bridgehead atoms. The summed E-state index contributed by atoms with van der Waals surface area (Å²) in [5.41, 5.74) is 3.94. The lowest BCUT2D eigenvalue weighted by Gasteiger charge is -2.05. The molecule has 3 nitrogen and oxygen atoms in total. The minimum Gasteiger partial charge on any atom is -0.478 e. The Balaban J connectivity index is 1.83. The maximum absolute atomic E-state index is 10.8. The van der Waals surface area contributed by atoms with Gasteiger partial charge < -0.3 is 4.74 Å². The molecule has 0 N–H and O–H groups in total. The lowest BCUT2D eigenvalue weighted by molar-refractivity contribution is 0.112. The van der Waals surface area contributed by atoms with Crippen LogP contribution in [-0.4, -0.2) is 6.29 Å². The Labute approximate surface area is 138 Å². The highest BCUT2D eigenvalue weighted by Crippen LogP contribution is 2.37. The van der Waals surface area contributed by atoms with Crippen molar-refractivity contribution in [2.24, 2.45) is 0 Å². The van der Waals surface area contributed by atoms with Crippen molar-refractivity contribution < 1.29 is 9.53 Å². The molecule has 0 atom stereocenters. The molecule has 1 heterocycles. The Morgan fingerprint density at radius 2 is 1.96 bits per heavy atom. The Kier molecular flexibility index (Phi) is 4.51. The second kappa shape index (κ2) is 6.91. The van der Waals surface area contributed by atoms with Crippen molar-refractivity contribution >= 4 is 17.6 Å². The van der Waals surface area contributed by atoms with Crippen LogP contribution in [0.1, 0.15) is 21.5 Å². The molecule has 3 aromatic rings. The van der Waals surface area contributed by atoms with Crippen LogP contribution in [0, 0.1) is 11.3 Å². The van der Waals surface area contributed by atoms with Crippen LogP contribution in [0.4, 0.5) is 0 Å². The molecule has 0 aliphatic carbocycles. The molecule has 0 radical (unpaired) electrons. The Bertz CT molecular complexity index is 863. The first-order chi connectivity index (χ1) is 11.3. The molecule has 0 spiro atoms. The van der Waals surface area contributed by atoms with E-state index in [1.807, 2.05) is 47.8 Å². The quantitative estimate of drug-likeness (QED) is 0.642. The molecule has 0 saturated carbocycles. The molecule has 4 heteroatoms. The van der Waals surface area contributed by atoms with Gasteiger partial charge in [-0.1, -0.05) is 48.5 Å². The van der Waals surface area contributed by atoms with E-state index in [2.05, 4.69) is 6.07 Å². The average molecular weight is 319 g/mol. The van der Waals surface area contributed by atoms with Crippen LogP contribution >= 0.6 is 11.3 Å². The summed E-state index contributed by atoms with van der Waals surface area (Å²) < 4.78 is 5.80. The van der Waals surface area contributed by atoms with Crippen molar-refractivity contribution in [1.29, 1.82) is 5.26 Å². The summed E-state index contributed by atoms with van der Waals surface area (Å²) in [6, 6.07) is 19.2. The van der Waals surface area contributed by atoms with Gasteiger partial charge in [0, 0.05) is 16.5 Å². The van der Waals surface area contributed by atoms with E-state index >= 15 is 0 Å². The van der Waals surface area contributed by atoms with Crippen LogP contribution in [0.5, 0.6) is 5.06 Å². The lowest BCUT2D eigenvalue weighted by Crippen LogP contribution is -1.96. The molecule has 0 fully saturated rings. The molecular weight excluding hydrogens is 306 g/mol. The molecule has 0 amide bonds. The maximum Gasteiger partial charge on any atom is 0.192 e. The highest BCUT2D eigenvalue weighted by atomic mass is 32.1. The summed E-state index contributed by atoms with van der Waals surface area (Å²) in [6.07, 6.45) is 0.808. The van der Waals surface area contributed by atoms with Crippen LogP contribution in [-0.2, 0) is 6.61 Å². The van der Waals surface area contributed by atoms with E-state index in [9.17, 15) is 10.1 Å². The smallest absolute Gasteiger partial charge is 0.192 e. The Morgan fingerprint density at radius 1 is 1.13 bits per heavy atom. The number of carbonyl (C=O) groups excluding carboxylic acids is 1. The number of rotatable bonds is 5. The number of nitriles is 1. The van der Waals surface area contributed by atoms with Crippen LogP contribution < -0.4 is 4.74 Å². The van der Waals surface area contributed by atoms with Gasteiger partial charge in [0.1, 0.15) is 24.5 Å². The van der Waals surface area contributed by atoms with Crippen molar-refractivity contribution in [3.8, 4) is 22.3 Å². The molecule has 0 unspecified atom stereocenters. The predicted molar refractivity (Wildman–Crippen MR) is 90.6 cm³/mol. The SMILES string of the molecule is N#Cc1c(-c2ccccc2)csc1OCc1cccc(C=O)c1. The van der Waals surface area contributed by atoms with Crippen molar-refractivity contribution in [1.82, 2.24) is 0 Å². The molecule has 0 aliphatic heterocycles. The topological polar surface area (TPSA) is 50.1 Å². The van der Waals surface area contributed by atoms with Gasteiger partial charge in [-0.25, -0.2) is 0 Å². The third-order valence-electron chi connectivity index (χ3n) is 3.41. The standard InChI is InChI=1S/C19H13NO2S/c20-10-17-18(16-7-2-1-3-8-16)13-23-19(17)22-12-15-6-4-5-14(9-15)11-21/h1-9,11,13H,12H2. The van der Waals surface area contributed by atoms with Gasteiger partial charge in [-0.2, -0.15) is 5.26 Å². The van der Waals surface area contributed by atoms with E-state index < -0.39 is 0 Å². The van der Waals surface area contributed by atoms with Gasteiger partial charge in [0.25, 0.3) is 0 Å². The summed E-state index contributed by atoms with van der Waals surface area (Å²) in [4.78, 5) is 10.8. The molecule has 3 rings (SSSR count). The van der Waals surface area contributed by atoms with Gasteiger partial charge in [0.2, 0.25) is 0 Å². The minimum atomic E-state index is 0.325. The highest BCUT2D eigenvalue weighted by Gasteiger charge is 2.14. The van der Waals surface area contributed by atoms with E-state index in [1.165, 1.54) is 11.3 Å². The number of hydrogen-bond acceptors (Lipinski definition) is 4. The zero-order chi connectivity index (χ0) is 16.1. The molecular formula is C19H13NO2S. The third-order valence-corrected chi connectivity index (χ3v) is 4.30. The van der Waals surface area contributed by atoms with Crippen LogP contribution in [0.15, 0.2) is 60.0 Å². The zero-order valence-electron chi connectivity index (χ0n) is 12.2. The first-order valence-electron chi connectivity index (χ1n) is 7.05.